The first-order valence-corrected chi connectivity index (χ1v) is 3.56. The number of aromatic amines is 2. The van der Waals surface area contributed by atoms with Crippen LogP contribution in [-0.4, -0.2) is 14.8 Å². The number of hydrogen-bond acceptors (Lipinski definition) is 2. The van der Waals surface area contributed by atoms with Crippen molar-refractivity contribution in [1.29, 1.82) is 0 Å². The molecule has 1 heterocycles. The van der Waals surface area contributed by atoms with Crippen molar-refractivity contribution in [2.24, 2.45) is 0 Å². The summed E-state index contributed by atoms with van der Waals surface area (Å²) in [5.74, 6) is 0. The molecule has 1 aromatic heterocycles. The van der Waals surface area contributed by atoms with E-state index in [-0.39, 0.29) is 11.7 Å². The molecule has 1 unspecified atom stereocenters. The molecule has 1 aromatic rings. The summed E-state index contributed by atoms with van der Waals surface area (Å²) in [6.45, 7) is 3.81. The van der Waals surface area contributed by atoms with Crippen LogP contribution in [-0.2, 0) is 0 Å². The maximum Gasteiger partial charge on any atom is 0.344 e. The zero-order valence-electron chi connectivity index (χ0n) is 6.55. The van der Waals surface area contributed by atoms with Crippen LogP contribution in [0.25, 0.3) is 0 Å². The van der Waals surface area contributed by atoms with Crippen LogP contribution in [0.4, 0.5) is 0 Å². The van der Waals surface area contributed by atoms with Crippen LogP contribution in [0.5, 0.6) is 0 Å². The normalized spacial score (nSPS) is 13.3. The van der Waals surface area contributed by atoms with Crippen LogP contribution in [0.2, 0.25) is 0 Å². The lowest BCUT2D eigenvalue weighted by Crippen LogP contribution is -2.21. The minimum atomic E-state index is -0.449. The molecule has 0 amide bonds. The Bertz CT molecular complexity index is 332. The minimum Gasteiger partial charge on any atom is -0.257 e. The smallest absolute Gasteiger partial charge is 0.257 e. The molecule has 0 aliphatic heterocycles. The summed E-state index contributed by atoms with van der Waals surface area (Å²) < 4.78 is 1.29. The maximum atomic E-state index is 10.9. The third-order valence-corrected chi connectivity index (χ3v) is 1.69. The topological polar surface area (TPSA) is 70.7 Å². The first kappa shape index (κ1) is 7.84. The highest BCUT2D eigenvalue weighted by Gasteiger charge is 2.05. The fourth-order valence-electron chi connectivity index (χ4n) is 0.838. The standard InChI is InChI=1S/C6H11N3O2/c1-3-4(2)9-6(11)7-5(10)8-9/h4H,3H2,1-2H3,(H2,7,8,10,11). The molecule has 62 valence electrons. The predicted octanol–water partition coefficient (Wildman–Crippen LogP) is -0.164. The predicted molar refractivity (Wildman–Crippen MR) is 40.7 cm³/mol. The summed E-state index contributed by atoms with van der Waals surface area (Å²) in [6.07, 6.45) is 0.813. The van der Waals surface area contributed by atoms with Gasteiger partial charge in [-0.1, -0.05) is 6.92 Å². The first-order chi connectivity index (χ1) is 5.15. The van der Waals surface area contributed by atoms with Gasteiger partial charge >= 0.3 is 11.4 Å². The second-order valence-corrected chi connectivity index (χ2v) is 2.50. The Kier molecular flexibility index (Phi) is 1.98. The molecule has 0 aliphatic rings. The van der Waals surface area contributed by atoms with Crippen molar-refractivity contribution >= 4 is 0 Å². The molecule has 0 aliphatic carbocycles. The van der Waals surface area contributed by atoms with Gasteiger partial charge in [0.2, 0.25) is 0 Å². The number of nitrogens with one attached hydrogen (secondary N) is 2. The van der Waals surface area contributed by atoms with Gasteiger partial charge < -0.3 is 0 Å². The van der Waals surface area contributed by atoms with E-state index in [9.17, 15) is 9.59 Å². The van der Waals surface area contributed by atoms with Gasteiger partial charge in [0.25, 0.3) is 0 Å². The molecule has 2 N–H and O–H groups in total. The van der Waals surface area contributed by atoms with Gasteiger partial charge in [0.15, 0.2) is 0 Å². The van der Waals surface area contributed by atoms with Crippen LogP contribution in [0.15, 0.2) is 9.59 Å². The molecule has 1 atom stereocenters. The van der Waals surface area contributed by atoms with Crippen molar-refractivity contribution in [3.8, 4) is 0 Å². The molecule has 5 heteroatoms. The lowest BCUT2D eigenvalue weighted by Gasteiger charge is -2.06. The molecule has 0 radical (unpaired) electrons. The summed E-state index contributed by atoms with van der Waals surface area (Å²) in [7, 11) is 0. The van der Waals surface area contributed by atoms with Crippen LogP contribution in [0.1, 0.15) is 26.3 Å². The highest BCUT2D eigenvalue weighted by molar-refractivity contribution is 4.66. The highest BCUT2D eigenvalue weighted by Crippen LogP contribution is 2.01. The third kappa shape index (κ3) is 1.42. The Morgan fingerprint density at radius 2 is 2.18 bits per heavy atom. The Labute approximate surface area is 63.0 Å². The molecule has 0 aromatic carbocycles. The lowest BCUT2D eigenvalue weighted by atomic mass is 10.3. The van der Waals surface area contributed by atoms with Gasteiger partial charge in [-0.3, -0.25) is 4.98 Å². The summed E-state index contributed by atoms with van der Waals surface area (Å²) in [6, 6.07) is 0.0430. The molecule has 11 heavy (non-hydrogen) atoms. The Balaban J connectivity index is 3.13. The Hall–Kier alpha value is -1.26. The zero-order chi connectivity index (χ0) is 8.43. The van der Waals surface area contributed by atoms with E-state index >= 15 is 0 Å². The van der Waals surface area contributed by atoms with Crippen molar-refractivity contribution in [2.75, 3.05) is 0 Å². The summed E-state index contributed by atoms with van der Waals surface area (Å²) in [5.41, 5.74) is -0.820. The molecule has 0 saturated carbocycles. The largest absolute Gasteiger partial charge is 0.344 e. The monoisotopic (exact) mass is 157 g/mol. The molecular formula is C6H11N3O2. The highest BCUT2D eigenvalue weighted by atomic mass is 16.2. The van der Waals surface area contributed by atoms with E-state index in [2.05, 4.69) is 10.1 Å². The second kappa shape index (κ2) is 2.77. The van der Waals surface area contributed by atoms with Gasteiger partial charge in [-0.25, -0.2) is 19.4 Å². The molecule has 5 nitrogen and oxygen atoms in total. The van der Waals surface area contributed by atoms with Gasteiger partial charge in [0, 0.05) is 0 Å². The van der Waals surface area contributed by atoms with Crippen LogP contribution < -0.4 is 11.4 Å². The van der Waals surface area contributed by atoms with Crippen LogP contribution >= 0.6 is 0 Å². The fraction of sp³-hybridized carbons (Fsp3) is 0.667. The summed E-state index contributed by atoms with van der Waals surface area (Å²) in [4.78, 5) is 23.6. The SMILES string of the molecule is CCC(C)n1[nH]c(=O)[nH]c1=O. The van der Waals surface area contributed by atoms with Gasteiger partial charge in [-0.2, -0.15) is 0 Å². The van der Waals surface area contributed by atoms with Gasteiger partial charge in [0.1, 0.15) is 0 Å². The first-order valence-electron chi connectivity index (χ1n) is 3.56. The third-order valence-electron chi connectivity index (χ3n) is 1.69. The number of rotatable bonds is 2. The van der Waals surface area contributed by atoms with Crippen LogP contribution in [0.3, 0.4) is 0 Å². The maximum absolute atomic E-state index is 10.9. The summed E-state index contributed by atoms with van der Waals surface area (Å²) >= 11 is 0. The molecular weight excluding hydrogens is 146 g/mol. The number of H-pyrrole nitrogens is 2. The average molecular weight is 157 g/mol. The Morgan fingerprint density at radius 1 is 1.55 bits per heavy atom. The molecule has 1 rings (SSSR count). The molecule has 0 bridgehead atoms. The van der Waals surface area contributed by atoms with E-state index in [1.54, 1.807) is 0 Å². The van der Waals surface area contributed by atoms with Crippen molar-refractivity contribution in [1.82, 2.24) is 14.8 Å². The van der Waals surface area contributed by atoms with E-state index in [0.29, 0.717) is 0 Å². The van der Waals surface area contributed by atoms with Gasteiger partial charge in [-0.05, 0) is 13.3 Å². The van der Waals surface area contributed by atoms with E-state index < -0.39 is 5.69 Å². The van der Waals surface area contributed by atoms with E-state index in [0.717, 1.165) is 6.42 Å². The zero-order valence-corrected chi connectivity index (χ0v) is 6.55. The number of aromatic nitrogens is 3. The van der Waals surface area contributed by atoms with Crippen LogP contribution in [0, 0.1) is 0 Å². The number of nitrogens with zero attached hydrogens (tertiary/aromatic N) is 1. The molecule has 0 saturated heterocycles. The quantitative estimate of drug-likeness (QED) is 0.626. The molecule has 0 fully saturated rings. The minimum absolute atomic E-state index is 0.0430. The van der Waals surface area contributed by atoms with E-state index in [1.165, 1.54) is 4.68 Å². The van der Waals surface area contributed by atoms with Crippen molar-refractivity contribution < 1.29 is 0 Å². The van der Waals surface area contributed by atoms with Gasteiger partial charge in [-0.15, -0.1) is 0 Å². The fourth-order valence-corrected chi connectivity index (χ4v) is 0.838. The average Bonchev–Trinajstić information content (AvgIpc) is 2.28. The number of hydrogen-bond donors (Lipinski definition) is 2. The Morgan fingerprint density at radius 3 is 2.55 bits per heavy atom. The lowest BCUT2D eigenvalue weighted by molar-refractivity contribution is 0.461. The van der Waals surface area contributed by atoms with Crippen molar-refractivity contribution in [3.05, 3.63) is 21.0 Å². The van der Waals surface area contributed by atoms with Gasteiger partial charge in [0.05, 0.1) is 6.04 Å². The molecule has 0 spiro atoms. The van der Waals surface area contributed by atoms with Crippen molar-refractivity contribution in [2.45, 2.75) is 26.3 Å². The van der Waals surface area contributed by atoms with E-state index in [1.807, 2.05) is 13.8 Å². The second-order valence-electron chi connectivity index (χ2n) is 2.50. The van der Waals surface area contributed by atoms with E-state index in [4.69, 9.17) is 0 Å². The summed E-state index contributed by atoms with van der Waals surface area (Å²) in [5, 5.41) is 2.39. The van der Waals surface area contributed by atoms with Crippen molar-refractivity contribution in [3.63, 3.8) is 0 Å².